The number of anilines is 1. The van der Waals surface area contributed by atoms with Gasteiger partial charge in [-0.25, -0.2) is 15.0 Å². The Labute approximate surface area is 108 Å². The van der Waals surface area contributed by atoms with Gasteiger partial charge in [0.2, 0.25) is 6.35 Å². The first-order valence-electron chi connectivity index (χ1n) is 5.37. The lowest BCUT2D eigenvalue weighted by Gasteiger charge is -2.13. The third kappa shape index (κ3) is 3.21. The van der Waals surface area contributed by atoms with Gasteiger partial charge in [-0.1, -0.05) is 4.57 Å². The number of aliphatic hydroxyl groups is 1. The van der Waals surface area contributed by atoms with Gasteiger partial charge in [0.05, 0.1) is 19.5 Å². The van der Waals surface area contributed by atoms with Crippen molar-refractivity contribution in [1.82, 2.24) is 19.5 Å². The fourth-order valence-electron chi connectivity index (χ4n) is 1.58. The van der Waals surface area contributed by atoms with E-state index in [-0.39, 0.29) is 19.0 Å². The number of hydrogen-bond acceptors (Lipinski definition) is 8. The van der Waals surface area contributed by atoms with Crippen molar-refractivity contribution in [1.29, 1.82) is 0 Å². The van der Waals surface area contributed by atoms with Crippen molar-refractivity contribution in [3.8, 4) is 0 Å². The van der Waals surface area contributed by atoms with Crippen molar-refractivity contribution in [3.05, 3.63) is 12.7 Å². The fraction of sp³-hybridized carbons (Fsp3) is 0.444. The molecule has 0 aliphatic carbocycles. The SMILES string of the molecule is Nc1ncnc2c1ncn2CC(CO)OC[P+](=O)[O-]. The van der Waals surface area contributed by atoms with Gasteiger partial charge >= 0.3 is 8.03 Å². The summed E-state index contributed by atoms with van der Waals surface area (Å²) in [6.07, 6.45) is 1.68. The lowest BCUT2D eigenvalue weighted by Crippen LogP contribution is -2.24. The topological polar surface area (TPSA) is 139 Å². The molecule has 3 N–H and O–H groups in total. The molecule has 0 saturated carbocycles. The molecule has 0 aliphatic rings. The van der Waals surface area contributed by atoms with E-state index in [1.165, 1.54) is 12.7 Å². The number of aromatic nitrogens is 4. The van der Waals surface area contributed by atoms with Gasteiger partial charge in [-0.05, 0) is 0 Å². The van der Waals surface area contributed by atoms with Crippen LogP contribution in [0.2, 0.25) is 0 Å². The summed E-state index contributed by atoms with van der Waals surface area (Å²) in [5.74, 6) is 0.257. The van der Waals surface area contributed by atoms with Gasteiger partial charge in [-0.15, -0.1) is 0 Å². The highest BCUT2D eigenvalue weighted by Crippen LogP contribution is 2.16. The molecule has 0 saturated heterocycles. The Balaban J connectivity index is 2.15. The third-order valence-electron chi connectivity index (χ3n) is 2.45. The quantitative estimate of drug-likeness (QED) is 0.634. The van der Waals surface area contributed by atoms with E-state index < -0.39 is 20.5 Å². The zero-order chi connectivity index (χ0) is 13.8. The molecule has 0 amide bonds. The summed E-state index contributed by atoms with van der Waals surface area (Å²) in [6.45, 7) is -0.101. The lowest BCUT2D eigenvalue weighted by molar-refractivity contribution is -0.170. The van der Waals surface area contributed by atoms with E-state index in [4.69, 9.17) is 15.6 Å². The molecule has 2 aromatic heterocycles. The molecule has 102 valence electrons. The highest BCUT2D eigenvalue weighted by atomic mass is 31.1. The Bertz CT molecular complexity index is 589. The maximum Gasteiger partial charge on any atom is 0.337 e. The number of aliphatic hydroxyl groups excluding tert-OH is 1. The average Bonchev–Trinajstić information content (AvgIpc) is 2.79. The van der Waals surface area contributed by atoms with Gasteiger partial charge in [0, 0.05) is 0 Å². The van der Waals surface area contributed by atoms with Crippen LogP contribution in [0.4, 0.5) is 5.82 Å². The Morgan fingerprint density at radius 2 is 2.32 bits per heavy atom. The number of nitrogens with two attached hydrogens (primary N) is 1. The summed E-state index contributed by atoms with van der Waals surface area (Å²) < 4.78 is 17.1. The molecule has 2 unspecified atom stereocenters. The van der Waals surface area contributed by atoms with Crippen LogP contribution < -0.4 is 10.6 Å². The highest BCUT2D eigenvalue weighted by molar-refractivity contribution is 7.36. The van der Waals surface area contributed by atoms with Crippen LogP contribution in [0, 0.1) is 0 Å². The van der Waals surface area contributed by atoms with E-state index >= 15 is 0 Å². The average molecular weight is 285 g/mol. The van der Waals surface area contributed by atoms with E-state index in [1.54, 1.807) is 4.57 Å². The number of ether oxygens (including phenoxy) is 1. The zero-order valence-electron chi connectivity index (χ0n) is 9.84. The second kappa shape index (κ2) is 5.98. The van der Waals surface area contributed by atoms with Gasteiger partial charge < -0.3 is 25.0 Å². The summed E-state index contributed by atoms with van der Waals surface area (Å²) >= 11 is 0. The number of fused-ring (bicyclic) bond motifs is 1. The molecule has 19 heavy (non-hydrogen) atoms. The molecule has 2 aromatic rings. The predicted molar refractivity (Wildman–Crippen MR) is 64.2 cm³/mol. The van der Waals surface area contributed by atoms with Crippen LogP contribution in [0.15, 0.2) is 12.7 Å². The molecule has 2 heterocycles. The smallest absolute Gasteiger partial charge is 0.337 e. The fourth-order valence-corrected chi connectivity index (χ4v) is 1.91. The summed E-state index contributed by atoms with van der Waals surface area (Å²) in [7, 11) is -2.65. The molecular weight excluding hydrogens is 273 g/mol. The van der Waals surface area contributed by atoms with Crippen LogP contribution >= 0.6 is 8.03 Å². The Kier molecular flexibility index (Phi) is 4.33. The Hall–Kier alpha value is -1.67. The van der Waals surface area contributed by atoms with E-state index in [2.05, 4.69) is 15.0 Å². The van der Waals surface area contributed by atoms with Crippen LogP contribution in [-0.4, -0.2) is 43.7 Å². The summed E-state index contributed by atoms with van der Waals surface area (Å²) in [4.78, 5) is 22.4. The molecule has 0 fully saturated rings. The van der Waals surface area contributed by atoms with Crippen LogP contribution in [-0.2, 0) is 15.8 Å². The standard InChI is InChI=1S/C9H12N5O4P/c10-8-7-9(12-3-11-8)14(4-13-7)1-6(2-15)18-5-19(16)17/h3-4,6,15H,1-2,5H2,(H2,10,11,12). The number of hydrogen-bond donors (Lipinski definition) is 2. The van der Waals surface area contributed by atoms with Crippen LogP contribution in [0.3, 0.4) is 0 Å². The van der Waals surface area contributed by atoms with E-state index in [1.807, 2.05) is 0 Å². The molecular formula is C9H12N5O4P. The van der Waals surface area contributed by atoms with E-state index in [0.717, 1.165) is 0 Å². The van der Waals surface area contributed by atoms with Gasteiger partial charge in [-0.3, -0.25) is 0 Å². The first-order chi connectivity index (χ1) is 9.11. The van der Waals surface area contributed by atoms with E-state index in [9.17, 15) is 9.46 Å². The lowest BCUT2D eigenvalue weighted by atomic mass is 10.3. The van der Waals surface area contributed by atoms with Crippen molar-refractivity contribution in [2.45, 2.75) is 12.6 Å². The maximum atomic E-state index is 10.5. The zero-order valence-corrected chi connectivity index (χ0v) is 10.7. The first kappa shape index (κ1) is 13.8. The number of rotatable bonds is 6. The molecule has 2 rings (SSSR count). The minimum absolute atomic E-state index is 0.215. The maximum absolute atomic E-state index is 10.5. The molecule has 10 heteroatoms. The number of nitrogens with zero attached hydrogens (tertiary/aromatic N) is 4. The Morgan fingerprint density at radius 1 is 1.53 bits per heavy atom. The number of nitrogen functional groups attached to an aromatic ring is 1. The molecule has 0 radical (unpaired) electrons. The largest absolute Gasteiger partial charge is 0.594 e. The third-order valence-corrected chi connectivity index (χ3v) is 2.81. The van der Waals surface area contributed by atoms with Gasteiger partial charge in [0.25, 0.3) is 0 Å². The summed E-state index contributed by atoms with van der Waals surface area (Å²) in [5.41, 5.74) is 6.60. The molecule has 0 spiro atoms. The van der Waals surface area contributed by atoms with Crippen LogP contribution in [0.1, 0.15) is 0 Å². The van der Waals surface area contributed by atoms with E-state index in [0.29, 0.717) is 11.2 Å². The van der Waals surface area contributed by atoms with Gasteiger partial charge in [-0.2, -0.15) is 0 Å². The van der Waals surface area contributed by atoms with Crippen molar-refractivity contribution < 1.29 is 19.3 Å². The van der Waals surface area contributed by atoms with Crippen molar-refractivity contribution in [2.75, 3.05) is 18.7 Å². The minimum Gasteiger partial charge on any atom is -0.594 e. The monoisotopic (exact) mass is 285 g/mol. The van der Waals surface area contributed by atoms with Crippen molar-refractivity contribution >= 4 is 25.0 Å². The van der Waals surface area contributed by atoms with Crippen LogP contribution in [0.25, 0.3) is 11.2 Å². The molecule has 2 atom stereocenters. The van der Waals surface area contributed by atoms with Gasteiger partial charge in [0.15, 0.2) is 11.5 Å². The second-order valence-corrected chi connectivity index (χ2v) is 4.68. The molecule has 0 aliphatic heterocycles. The summed E-state index contributed by atoms with van der Waals surface area (Å²) in [6, 6.07) is 0. The van der Waals surface area contributed by atoms with Crippen molar-refractivity contribution in [3.63, 3.8) is 0 Å². The van der Waals surface area contributed by atoms with Crippen LogP contribution in [0.5, 0.6) is 0 Å². The highest BCUT2D eigenvalue weighted by Gasteiger charge is 2.15. The second-order valence-electron chi connectivity index (χ2n) is 3.76. The normalized spacial score (nSPS) is 13.7. The molecule has 0 aromatic carbocycles. The minimum atomic E-state index is -2.65. The molecule has 9 nitrogen and oxygen atoms in total. The molecule has 0 bridgehead atoms. The van der Waals surface area contributed by atoms with Gasteiger partial charge in [0.1, 0.15) is 17.9 Å². The Morgan fingerprint density at radius 3 is 3.00 bits per heavy atom. The summed E-state index contributed by atoms with van der Waals surface area (Å²) in [5, 5.41) is 9.15. The predicted octanol–water partition coefficient (Wildman–Crippen LogP) is -1.15. The number of imidazole rings is 1. The first-order valence-corrected chi connectivity index (χ1v) is 6.73. The van der Waals surface area contributed by atoms with Crippen molar-refractivity contribution in [2.24, 2.45) is 0 Å².